The summed E-state index contributed by atoms with van der Waals surface area (Å²) in [5.74, 6) is 1.62. The molecule has 1 aromatic rings. The van der Waals surface area contributed by atoms with Crippen molar-refractivity contribution >= 4 is 6.29 Å². The number of hydrogen-bond acceptors (Lipinski definition) is 1. The van der Waals surface area contributed by atoms with Gasteiger partial charge in [0.05, 0.1) is 0 Å². The number of aryl methyl sites for hydroxylation is 1. The maximum absolute atomic E-state index is 10.4. The first-order valence-electron chi connectivity index (χ1n) is 8.03. The first-order valence-corrected chi connectivity index (χ1v) is 8.03. The second-order valence-electron chi connectivity index (χ2n) is 7.36. The Morgan fingerprint density at radius 1 is 1.05 bits per heavy atom. The lowest BCUT2D eigenvalue weighted by molar-refractivity contribution is -0.107. The zero-order valence-electron chi connectivity index (χ0n) is 13.2. The Hall–Kier alpha value is -1.11. The minimum absolute atomic E-state index is 0.462. The Morgan fingerprint density at radius 3 is 2.15 bits per heavy atom. The summed E-state index contributed by atoms with van der Waals surface area (Å²) in [5, 5.41) is 0. The molecule has 1 heteroatoms. The fraction of sp³-hybridized carbons (Fsp3) is 0.632. The van der Waals surface area contributed by atoms with Crippen LogP contribution in [0.25, 0.3) is 0 Å². The van der Waals surface area contributed by atoms with Crippen LogP contribution in [0.5, 0.6) is 0 Å². The predicted octanol–water partition coefficient (Wildman–Crippen LogP) is 5.14. The Bertz CT molecular complexity index is 416. The predicted molar refractivity (Wildman–Crippen MR) is 85.0 cm³/mol. The number of carbonyl (C=O) groups is 1. The van der Waals surface area contributed by atoms with Crippen LogP contribution < -0.4 is 0 Å². The lowest BCUT2D eigenvalue weighted by Crippen LogP contribution is -2.25. The average molecular weight is 272 g/mol. The first-order chi connectivity index (χ1) is 9.50. The molecule has 0 atom stereocenters. The van der Waals surface area contributed by atoms with Gasteiger partial charge in [-0.25, -0.2) is 0 Å². The SMILES string of the molecule is CC(C)(C)C1CCC(c2ccc(CCC=O)cc2)CC1. The standard InChI is InChI=1S/C19H28O/c1-19(2,3)18-12-10-17(11-13-18)16-8-6-15(7-9-16)5-4-14-20/h6-9,14,17-18H,4-5,10-13H2,1-3H3. The van der Waals surface area contributed by atoms with Gasteiger partial charge in [-0.15, -0.1) is 0 Å². The summed E-state index contributed by atoms with van der Waals surface area (Å²) in [5.41, 5.74) is 3.24. The van der Waals surface area contributed by atoms with E-state index in [0.29, 0.717) is 11.8 Å². The molecule has 0 saturated heterocycles. The van der Waals surface area contributed by atoms with Gasteiger partial charge >= 0.3 is 0 Å². The number of rotatable bonds is 4. The van der Waals surface area contributed by atoms with E-state index in [4.69, 9.17) is 0 Å². The molecule has 1 aromatic carbocycles. The molecule has 0 amide bonds. The van der Waals surface area contributed by atoms with Gasteiger partial charge in [0.2, 0.25) is 0 Å². The largest absolute Gasteiger partial charge is 0.303 e. The summed E-state index contributed by atoms with van der Waals surface area (Å²) < 4.78 is 0. The highest BCUT2D eigenvalue weighted by Crippen LogP contribution is 2.43. The smallest absolute Gasteiger partial charge is 0.120 e. The van der Waals surface area contributed by atoms with Crippen molar-refractivity contribution in [3.8, 4) is 0 Å². The van der Waals surface area contributed by atoms with Crippen molar-refractivity contribution in [3.05, 3.63) is 35.4 Å². The summed E-state index contributed by atoms with van der Waals surface area (Å²) in [7, 11) is 0. The summed E-state index contributed by atoms with van der Waals surface area (Å²) in [4.78, 5) is 10.4. The third kappa shape index (κ3) is 3.94. The summed E-state index contributed by atoms with van der Waals surface area (Å²) >= 11 is 0. The molecular weight excluding hydrogens is 244 g/mol. The molecule has 0 heterocycles. The van der Waals surface area contributed by atoms with Gasteiger partial charge in [-0.05, 0) is 60.5 Å². The summed E-state index contributed by atoms with van der Waals surface area (Å²) in [6, 6.07) is 8.97. The minimum Gasteiger partial charge on any atom is -0.303 e. The Labute approximate surface area is 123 Å². The molecule has 20 heavy (non-hydrogen) atoms. The topological polar surface area (TPSA) is 17.1 Å². The van der Waals surface area contributed by atoms with E-state index in [1.165, 1.54) is 36.8 Å². The van der Waals surface area contributed by atoms with E-state index >= 15 is 0 Å². The molecule has 1 aliphatic rings. The highest BCUT2D eigenvalue weighted by atomic mass is 16.1. The molecule has 0 spiro atoms. The van der Waals surface area contributed by atoms with Crippen LogP contribution in [-0.4, -0.2) is 6.29 Å². The molecule has 1 fully saturated rings. The van der Waals surface area contributed by atoms with Crippen molar-refractivity contribution in [2.24, 2.45) is 11.3 Å². The van der Waals surface area contributed by atoms with Crippen molar-refractivity contribution < 1.29 is 4.79 Å². The van der Waals surface area contributed by atoms with E-state index in [1.807, 2.05) is 0 Å². The molecule has 110 valence electrons. The van der Waals surface area contributed by atoms with Crippen molar-refractivity contribution in [3.63, 3.8) is 0 Å². The van der Waals surface area contributed by atoms with Gasteiger partial charge in [0.15, 0.2) is 0 Å². The van der Waals surface area contributed by atoms with E-state index in [-0.39, 0.29) is 0 Å². The van der Waals surface area contributed by atoms with Gasteiger partial charge in [-0.1, -0.05) is 45.0 Å². The van der Waals surface area contributed by atoms with Crippen LogP contribution in [-0.2, 0) is 11.2 Å². The molecule has 0 radical (unpaired) electrons. The minimum atomic E-state index is 0.462. The van der Waals surface area contributed by atoms with Crippen LogP contribution in [0.15, 0.2) is 24.3 Å². The quantitative estimate of drug-likeness (QED) is 0.694. The van der Waals surface area contributed by atoms with Crippen molar-refractivity contribution in [2.45, 2.75) is 65.2 Å². The highest BCUT2D eigenvalue weighted by Gasteiger charge is 2.30. The lowest BCUT2D eigenvalue weighted by Gasteiger charge is -2.37. The maximum atomic E-state index is 10.4. The lowest BCUT2D eigenvalue weighted by atomic mass is 9.68. The van der Waals surface area contributed by atoms with Gasteiger partial charge in [-0.3, -0.25) is 0 Å². The van der Waals surface area contributed by atoms with Gasteiger partial charge < -0.3 is 4.79 Å². The zero-order valence-corrected chi connectivity index (χ0v) is 13.2. The second-order valence-corrected chi connectivity index (χ2v) is 7.36. The van der Waals surface area contributed by atoms with E-state index < -0.39 is 0 Å². The first kappa shape index (κ1) is 15.3. The van der Waals surface area contributed by atoms with Crippen LogP contribution in [0.3, 0.4) is 0 Å². The molecule has 0 aromatic heterocycles. The van der Waals surface area contributed by atoms with E-state index in [0.717, 1.165) is 24.5 Å². The van der Waals surface area contributed by atoms with E-state index in [9.17, 15) is 4.79 Å². The Morgan fingerprint density at radius 2 is 1.65 bits per heavy atom. The highest BCUT2D eigenvalue weighted by molar-refractivity contribution is 5.50. The van der Waals surface area contributed by atoms with Crippen molar-refractivity contribution in [1.29, 1.82) is 0 Å². The number of hydrogen-bond donors (Lipinski definition) is 0. The third-order valence-electron chi connectivity index (χ3n) is 4.95. The molecule has 0 aliphatic heterocycles. The molecular formula is C19H28O. The van der Waals surface area contributed by atoms with Gasteiger partial charge in [0.25, 0.3) is 0 Å². The zero-order chi connectivity index (χ0) is 14.6. The molecule has 2 rings (SSSR count). The Kier molecular flexibility index (Phi) is 5.01. The molecule has 0 bridgehead atoms. The number of carbonyl (C=O) groups excluding carboxylic acids is 1. The second kappa shape index (κ2) is 6.56. The molecule has 1 saturated carbocycles. The molecule has 1 nitrogen and oxygen atoms in total. The van der Waals surface area contributed by atoms with E-state index in [2.05, 4.69) is 45.0 Å². The number of aldehydes is 1. The van der Waals surface area contributed by atoms with Crippen LogP contribution in [0, 0.1) is 11.3 Å². The van der Waals surface area contributed by atoms with Crippen molar-refractivity contribution in [1.82, 2.24) is 0 Å². The molecule has 0 N–H and O–H groups in total. The summed E-state index contributed by atoms with van der Waals surface area (Å²) in [6.45, 7) is 7.12. The average Bonchev–Trinajstić information content (AvgIpc) is 2.45. The van der Waals surface area contributed by atoms with Crippen LogP contribution in [0.2, 0.25) is 0 Å². The molecule has 1 aliphatic carbocycles. The fourth-order valence-corrected chi connectivity index (χ4v) is 3.47. The van der Waals surface area contributed by atoms with Gasteiger partial charge in [0.1, 0.15) is 6.29 Å². The maximum Gasteiger partial charge on any atom is 0.120 e. The summed E-state index contributed by atoms with van der Waals surface area (Å²) in [6.07, 6.45) is 7.89. The molecule has 0 unspecified atom stereocenters. The monoisotopic (exact) mass is 272 g/mol. The Balaban J connectivity index is 1.92. The van der Waals surface area contributed by atoms with Gasteiger partial charge in [-0.2, -0.15) is 0 Å². The van der Waals surface area contributed by atoms with Crippen LogP contribution in [0.1, 0.15) is 69.9 Å². The number of benzene rings is 1. The van der Waals surface area contributed by atoms with Crippen LogP contribution in [0.4, 0.5) is 0 Å². The van der Waals surface area contributed by atoms with E-state index in [1.54, 1.807) is 0 Å². The third-order valence-corrected chi connectivity index (χ3v) is 4.95. The van der Waals surface area contributed by atoms with Crippen LogP contribution >= 0.6 is 0 Å². The normalized spacial score (nSPS) is 23.6. The van der Waals surface area contributed by atoms with Gasteiger partial charge in [0, 0.05) is 6.42 Å². The van der Waals surface area contributed by atoms with Crippen molar-refractivity contribution in [2.75, 3.05) is 0 Å². The fourth-order valence-electron chi connectivity index (χ4n) is 3.47.